The van der Waals surface area contributed by atoms with Gasteiger partial charge in [-0.2, -0.15) is 13.2 Å². The first-order valence-corrected chi connectivity index (χ1v) is 9.75. The lowest BCUT2D eigenvalue weighted by Crippen LogP contribution is -2.15. The molecule has 0 aliphatic heterocycles. The van der Waals surface area contributed by atoms with Crippen LogP contribution in [-0.4, -0.2) is 13.7 Å². The highest BCUT2D eigenvalue weighted by Gasteiger charge is 2.29. The normalized spacial score (nSPS) is 12.6. The van der Waals surface area contributed by atoms with Gasteiger partial charge in [0, 0.05) is 0 Å². The van der Waals surface area contributed by atoms with Crippen molar-refractivity contribution in [3.05, 3.63) is 70.8 Å². The second-order valence-electron chi connectivity index (χ2n) is 6.37. The van der Waals surface area contributed by atoms with Crippen molar-refractivity contribution in [2.24, 2.45) is 0 Å². The molecular weight excluding hydrogens is 349 g/mol. The third-order valence-electron chi connectivity index (χ3n) is 4.09. The fourth-order valence-corrected chi connectivity index (χ4v) is 3.34. The van der Waals surface area contributed by atoms with Crippen LogP contribution in [0.15, 0.2) is 48.5 Å². The molecular formula is C19H21F3O2S. The highest BCUT2D eigenvalue weighted by molar-refractivity contribution is 7.91. The molecule has 136 valence electrons. The smallest absolute Gasteiger partial charge is 0.228 e. The lowest BCUT2D eigenvalue weighted by molar-refractivity contribution is -0.137. The summed E-state index contributed by atoms with van der Waals surface area (Å²) in [7, 11) is -3.13. The second-order valence-corrected chi connectivity index (χ2v) is 8.92. The zero-order chi connectivity index (χ0) is 18.7. The topological polar surface area (TPSA) is 34.1 Å². The van der Waals surface area contributed by atoms with Crippen LogP contribution in [0.3, 0.4) is 0 Å². The van der Waals surface area contributed by atoms with Gasteiger partial charge < -0.3 is 0 Å². The van der Waals surface area contributed by atoms with Crippen LogP contribution in [0.1, 0.15) is 36.1 Å². The molecule has 2 aromatic carbocycles. The Kier molecular flexibility index (Phi) is 5.93. The van der Waals surface area contributed by atoms with E-state index in [0.717, 1.165) is 28.8 Å². The maximum atomic E-state index is 12.5. The molecule has 0 amide bonds. The van der Waals surface area contributed by atoms with Crippen LogP contribution in [0.5, 0.6) is 0 Å². The molecule has 0 spiro atoms. The minimum atomic E-state index is -4.31. The second kappa shape index (κ2) is 7.60. The summed E-state index contributed by atoms with van der Waals surface area (Å²) in [4.78, 5) is 0. The number of rotatable bonds is 6. The Morgan fingerprint density at radius 1 is 0.800 bits per heavy atom. The Bertz CT molecular complexity index is 790. The van der Waals surface area contributed by atoms with E-state index in [1.807, 2.05) is 12.1 Å². The first-order valence-electron chi connectivity index (χ1n) is 8.03. The number of alkyl halides is 3. The van der Waals surface area contributed by atoms with E-state index >= 15 is 0 Å². The summed E-state index contributed by atoms with van der Waals surface area (Å²) < 4.78 is 61.4. The maximum Gasteiger partial charge on any atom is 0.416 e. The van der Waals surface area contributed by atoms with E-state index < -0.39 is 26.8 Å². The van der Waals surface area contributed by atoms with Gasteiger partial charge in [-0.05, 0) is 55.5 Å². The van der Waals surface area contributed by atoms with Crippen molar-refractivity contribution in [2.45, 2.75) is 43.9 Å². The first kappa shape index (κ1) is 19.5. The van der Waals surface area contributed by atoms with Gasteiger partial charge in [0.1, 0.15) is 0 Å². The maximum absolute atomic E-state index is 12.5. The molecule has 0 heterocycles. The highest BCUT2D eigenvalue weighted by atomic mass is 32.2. The van der Waals surface area contributed by atoms with E-state index in [1.165, 1.54) is 12.1 Å². The van der Waals surface area contributed by atoms with Crippen molar-refractivity contribution in [2.75, 3.05) is 0 Å². The van der Waals surface area contributed by atoms with Gasteiger partial charge in [0.2, 0.25) is 0 Å². The highest BCUT2D eigenvalue weighted by Crippen LogP contribution is 2.29. The first-order chi connectivity index (χ1) is 11.6. The Hall–Kier alpha value is -1.82. The molecule has 0 radical (unpaired) electrons. The fraction of sp³-hybridized carbons (Fsp3) is 0.368. The molecule has 25 heavy (non-hydrogen) atoms. The molecule has 0 aromatic heterocycles. The molecule has 6 heteroatoms. The number of hydrogen-bond donors (Lipinski definition) is 0. The van der Waals surface area contributed by atoms with Crippen molar-refractivity contribution in [3.63, 3.8) is 0 Å². The molecule has 0 saturated heterocycles. The Morgan fingerprint density at radius 3 is 1.60 bits per heavy atom. The van der Waals surface area contributed by atoms with E-state index in [4.69, 9.17) is 0 Å². The van der Waals surface area contributed by atoms with E-state index in [1.54, 1.807) is 26.0 Å². The summed E-state index contributed by atoms with van der Waals surface area (Å²) in [6, 6.07) is 12.5. The van der Waals surface area contributed by atoms with Crippen LogP contribution in [-0.2, 0) is 34.6 Å². The molecule has 2 nitrogen and oxygen atoms in total. The van der Waals surface area contributed by atoms with Crippen molar-refractivity contribution < 1.29 is 21.6 Å². The molecule has 0 aliphatic carbocycles. The van der Waals surface area contributed by atoms with E-state index in [-0.39, 0.29) is 5.75 Å². The van der Waals surface area contributed by atoms with Gasteiger partial charge in [-0.1, -0.05) is 36.4 Å². The molecule has 0 bridgehead atoms. The molecule has 0 unspecified atom stereocenters. The Labute approximate surface area is 146 Å². The van der Waals surface area contributed by atoms with Crippen molar-refractivity contribution in [1.82, 2.24) is 0 Å². The predicted molar refractivity (Wildman–Crippen MR) is 93.1 cm³/mol. The van der Waals surface area contributed by atoms with E-state index in [9.17, 15) is 21.6 Å². The largest absolute Gasteiger partial charge is 0.416 e. The molecule has 0 saturated carbocycles. The van der Waals surface area contributed by atoms with Crippen LogP contribution in [0, 0.1) is 0 Å². The summed E-state index contributed by atoms with van der Waals surface area (Å²) in [5.74, 6) is 0.0177. The van der Waals surface area contributed by atoms with Gasteiger partial charge in [0.15, 0.2) is 9.84 Å². The van der Waals surface area contributed by atoms with Crippen LogP contribution >= 0.6 is 0 Å². The van der Waals surface area contributed by atoms with Gasteiger partial charge >= 0.3 is 6.18 Å². The lowest BCUT2D eigenvalue weighted by atomic mass is 10.0. The quantitative estimate of drug-likeness (QED) is 0.731. The minimum Gasteiger partial charge on any atom is -0.228 e. The molecule has 0 N–H and O–H groups in total. The van der Waals surface area contributed by atoms with Crippen molar-refractivity contribution >= 4 is 9.84 Å². The average Bonchev–Trinajstić information content (AvgIpc) is 2.53. The van der Waals surface area contributed by atoms with E-state index in [0.29, 0.717) is 12.8 Å². The number of benzene rings is 2. The molecule has 2 aromatic rings. The third-order valence-corrected chi connectivity index (χ3v) is 6.26. The average molecular weight is 370 g/mol. The minimum absolute atomic E-state index is 0.0177. The Balaban J connectivity index is 1.96. The summed E-state index contributed by atoms with van der Waals surface area (Å²) in [6.45, 7) is 3.32. The molecule has 0 atom stereocenters. The SMILES string of the molecule is CC(C)S(=O)(=O)Cc1ccc(CCc2ccc(C(F)(F)F)cc2)cc1. The van der Waals surface area contributed by atoms with Crippen LogP contribution < -0.4 is 0 Å². The summed E-state index contributed by atoms with van der Waals surface area (Å²) in [6.07, 6.45) is -3.00. The Morgan fingerprint density at radius 2 is 1.20 bits per heavy atom. The van der Waals surface area contributed by atoms with Gasteiger partial charge in [-0.3, -0.25) is 0 Å². The zero-order valence-electron chi connectivity index (χ0n) is 14.2. The number of hydrogen-bond acceptors (Lipinski definition) is 2. The van der Waals surface area contributed by atoms with Crippen molar-refractivity contribution in [3.8, 4) is 0 Å². The fourth-order valence-electron chi connectivity index (χ4n) is 2.35. The van der Waals surface area contributed by atoms with Crippen LogP contribution in [0.25, 0.3) is 0 Å². The molecule has 0 aliphatic rings. The summed E-state index contributed by atoms with van der Waals surface area (Å²) in [5.41, 5.74) is 1.95. The zero-order valence-corrected chi connectivity index (χ0v) is 15.0. The number of halogens is 3. The standard InChI is InChI=1S/C19H21F3O2S/c1-14(2)25(23,24)13-17-7-5-15(6-8-17)3-4-16-9-11-18(12-10-16)19(20,21)22/h5-12,14H,3-4,13H2,1-2H3. The summed E-state index contributed by atoms with van der Waals surface area (Å²) in [5, 5.41) is -0.410. The molecule has 2 rings (SSSR count). The van der Waals surface area contributed by atoms with Gasteiger partial charge in [0.05, 0.1) is 16.6 Å². The van der Waals surface area contributed by atoms with Crippen LogP contribution in [0.4, 0.5) is 13.2 Å². The van der Waals surface area contributed by atoms with Gasteiger partial charge in [0.25, 0.3) is 0 Å². The van der Waals surface area contributed by atoms with Gasteiger partial charge in [-0.15, -0.1) is 0 Å². The number of sulfone groups is 1. The van der Waals surface area contributed by atoms with Gasteiger partial charge in [-0.25, -0.2) is 8.42 Å². The van der Waals surface area contributed by atoms with E-state index in [2.05, 4.69) is 0 Å². The lowest BCUT2D eigenvalue weighted by Gasteiger charge is -2.09. The summed E-state index contributed by atoms with van der Waals surface area (Å²) >= 11 is 0. The third kappa shape index (κ3) is 5.59. The molecule has 0 fully saturated rings. The predicted octanol–water partition coefficient (Wildman–Crippen LogP) is 4.81. The number of aryl methyl sites for hydroxylation is 2. The monoisotopic (exact) mass is 370 g/mol. The van der Waals surface area contributed by atoms with Crippen molar-refractivity contribution in [1.29, 1.82) is 0 Å². The van der Waals surface area contributed by atoms with Crippen LogP contribution in [0.2, 0.25) is 0 Å².